The highest BCUT2D eigenvalue weighted by Gasteiger charge is 2.28. The highest BCUT2D eigenvalue weighted by atomic mass is 19.1. The van der Waals surface area contributed by atoms with E-state index in [2.05, 4.69) is 21.7 Å². The van der Waals surface area contributed by atoms with Crippen LogP contribution in [0.3, 0.4) is 0 Å². The first-order valence-corrected chi connectivity index (χ1v) is 10.3. The van der Waals surface area contributed by atoms with Gasteiger partial charge < -0.3 is 20.5 Å². The minimum absolute atomic E-state index is 0.000454. The molecule has 164 valence electrons. The van der Waals surface area contributed by atoms with Gasteiger partial charge in [-0.05, 0) is 55.2 Å². The summed E-state index contributed by atoms with van der Waals surface area (Å²) in [7, 11) is 0. The zero-order valence-electron chi connectivity index (χ0n) is 17.1. The van der Waals surface area contributed by atoms with E-state index in [1.807, 2.05) is 6.20 Å². The smallest absolute Gasteiger partial charge is 0.323 e. The molecule has 1 aromatic heterocycles. The van der Waals surface area contributed by atoms with Crippen LogP contribution in [0.5, 0.6) is 0 Å². The second-order valence-electron chi connectivity index (χ2n) is 7.69. The largest absolute Gasteiger partial charge is 0.361 e. The maximum atomic E-state index is 13.3. The van der Waals surface area contributed by atoms with Crippen molar-refractivity contribution in [1.82, 2.24) is 9.88 Å². The molecular weight excluding hydrogens is 416 g/mol. The quantitative estimate of drug-likeness (QED) is 0.546. The molecular formula is C23H21F2N5O2. The molecule has 1 aliphatic rings. The topological polar surface area (TPSA) is 101 Å². The molecule has 32 heavy (non-hydrogen) atoms. The number of nitrogens with one attached hydrogen (secondary N) is 3. The third-order valence-corrected chi connectivity index (χ3v) is 5.48. The number of hydrogen-bond donors (Lipinski definition) is 3. The van der Waals surface area contributed by atoms with Gasteiger partial charge in [0, 0.05) is 47.5 Å². The Morgan fingerprint density at radius 1 is 1.12 bits per heavy atom. The van der Waals surface area contributed by atoms with E-state index in [-0.39, 0.29) is 24.1 Å². The maximum absolute atomic E-state index is 13.3. The van der Waals surface area contributed by atoms with Crippen molar-refractivity contribution in [2.24, 2.45) is 0 Å². The molecule has 1 aliphatic heterocycles. The van der Waals surface area contributed by atoms with Crippen molar-refractivity contribution in [1.29, 1.82) is 5.26 Å². The molecule has 0 bridgehead atoms. The number of likely N-dealkylation sites (tertiary alicyclic amines) is 1. The number of benzene rings is 2. The molecule has 1 atom stereocenters. The molecule has 0 saturated carbocycles. The normalized spacial score (nSPS) is 15.5. The number of aromatic nitrogens is 1. The van der Waals surface area contributed by atoms with Gasteiger partial charge in [0.15, 0.2) is 0 Å². The molecule has 0 radical (unpaired) electrons. The summed E-state index contributed by atoms with van der Waals surface area (Å²) >= 11 is 0. The van der Waals surface area contributed by atoms with Gasteiger partial charge in [-0.1, -0.05) is 0 Å². The third-order valence-electron chi connectivity index (χ3n) is 5.48. The monoisotopic (exact) mass is 437 g/mol. The molecule has 7 nitrogen and oxygen atoms in total. The summed E-state index contributed by atoms with van der Waals surface area (Å²) in [6.45, 7) is 0.614. The van der Waals surface area contributed by atoms with Crippen LogP contribution in [0.1, 0.15) is 24.8 Å². The molecule has 0 spiro atoms. The van der Waals surface area contributed by atoms with E-state index in [0.29, 0.717) is 25.1 Å². The summed E-state index contributed by atoms with van der Waals surface area (Å²) in [6, 6.07) is 9.21. The van der Waals surface area contributed by atoms with Crippen molar-refractivity contribution in [3.63, 3.8) is 0 Å². The van der Waals surface area contributed by atoms with E-state index in [9.17, 15) is 23.6 Å². The number of halogens is 2. The van der Waals surface area contributed by atoms with E-state index >= 15 is 0 Å². The lowest BCUT2D eigenvalue weighted by molar-refractivity contribution is -0.131. The van der Waals surface area contributed by atoms with Gasteiger partial charge >= 0.3 is 6.03 Å². The van der Waals surface area contributed by atoms with Gasteiger partial charge in [-0.3, -0.25) is 4.79 Å². The number of nitrogens with zero attached hydrogens (tertiary/aromatic N) is 2. The van der Waals surface area contributed by atoms with E-state index in [4.69, 9.17) is 0 Å². The van der Waals surface area contributed by atoms with Crippen molar-refractivity contribution in [3.8, 4) is 6.07 Å². The van der Waals surface area contributed by atoms with Crippen LogP contribution in [-0.4, -0.2) is 34.4 Å². The number of H-pyrrole nitrogens is 1. The minimum Gasteiger partial charge on any atom is -0.361 e. The van der Waals surface area contributed by atoms with Crippen LogP contribution in [0.4, 0.5) is 25.0 Å². The van der Waals surface area contributed by atoms with E-state index in [1.54, 1.807) is 23.1 Å². The number of aromatic amines is 1. The Kier molecular flexibility index (Phi) is 6.03. The molecule has 3 amide bonds. The number of rotatable bonds is 5. The minimum atomic E-state index is -0.789. The Hall–Kier alpha value is -3.93. The van der Waals surface area contributed by atoms with Gasteiger partial charge in [-0.2, -0.15) is 5.26 Å². The average Bonchev–Trinajstić information content (AvgIpc) is 3.38. The number of anilines is 2. The number of carbonyl (C=O) groups is 2. The molecule has 2 heterocycles. The molecule has 4 rings (SSSR count). The number of carbonyl (C=O) groups excluding carboxylic acids is 2. The van der Waals surface area contributed by atoms with Gasteiger partial charge in [0.25, 0.3) is 0 Å². The second-order valence-corrected chi connectivity index (χ2v) is 7.69. The van der Waals surface area contributed by atoms with Crippen molar-refractivity contribution < 1.29 is 18.4 Å². The fourth-order valence-electron chi connectivity index (χ4n) is 3.97. The van der Waals surface area contributed by atoms with Crippen molar-refractivity contribution in [2.45, 2.75) is 31.7 Å². The summed E-state index contributed by atoms with van der Waals surface area (Å²) < 4.78 is 26.6. The first kappa shape index (κ1) is 21.3. The first-order chi connectivity index (χ1) is 15.4. The summed E-state index contributed by atoms with van der Waals surface area (Å²) in [6.07, 6.45) is 4.16. The summed E-state index contributed by atoms with van der Waals surface area (Å²) in [5, 5.41) is 15.1. The molecule has 3 aromatic rings. The van der Waals surface area contributed by atoms with Crippen LogP contribution in [0.2, 0.25) is 0 Å². The number of urea groups is 1. The van der Waals surface area contributed by atoms with E-state index in [1.165, 1.54) is 0 Å². The van der Waals surface area contributed by atoms with Crippen LogP contribution >= 0.6 is 0 Å². The van der Waals surface area contributed by atoms with Crippen molar-refractivity contribution >= 4 is 34.2 Å². The molecule has 0 aliphatic carbocycles. The Morgan fingerprint density at radius 3 is 2.62 bits per heavy atom. The third kappa shape index (κ3) is 4.70. The number of aryl methyl sites for hydroxylation is 1. The Bertz CT molecular complexity index is 1200. The average molecular weight is 437 g/mol. The van der Waals surface area contributed by atoms with E-state index in [0.717, 1.165) is 41.1 Å². The van der Waals surface area contributed by atoms with Gasteiger partial charge in [0.1, 0.15) is 17.7 Å². The molecule has 1 fully saturated rings. The number of nitriles is 1. The van der Waals surface area contributed by atoms with Crippen LogP contribution < -0.4 is 10.6 Å². The second kappa shape index (κ2) is 9.06. The molecule has 2 aromatic carbocycles. The number of fused-ring (bicyclic) bond motifs is 1. The highest BCUT2D eigenvalue weighted by Crippen LogP contribution is 2.25. The Morgan fingerprint density at radius 2 is 1.88 bits per heavy atom. The zero-order valence-corrected chi connectivity index (χ0v) is 17.1. The van der Waals surface area contributed by atoms with Crippen molar-refractivity contribution in [3.05, 3.63) is 59.8 Å². The van der Waals surface area contributed by atoms with Gasteiger partial charge in [0.05, 0.1) is 6.07 Å². The molecule has 0 unspecified atom stereocenters. The SMILES string of the molecule is N#C[C@@H]1CCCN1C(=O)CCc1c[nH]c2ccc(NC(=O)Nc3cc(F)cc(F)c3)cc12. The highest BCUT2D eigenvalue weighted by molar-refractivity contribution is 6.01. The molecule has 9 heteroatoms. The van der Waals surface area contributed by atoms with Gasteiger partial charge in [-0.15, -0.1) is 0 Å². The standard InChI is InChI=1S/C23H21F2N5O2/c24-15-8-16(25)10-18(9-15)29-23(32)28-17-4-5-21-20(11-17)14(13-27-21)3-6-22(31)30-7-1-2-19(30)12-26/h4-5,8-11,13,19,27H,1-3,6-7H2,(H2,28,29,32)/t19-/m0/s1. The van der Waals surface area contributed by atoms with Crippen LogP contribution in [0.15, 0.2) is 42.6 Å². The van der Waals surface area contributed by atoms with Crippen LogP contribution in [0, 0.1) is 23.0 Å². The lowest BCUT2D eigenvalue weighted by Gasteiger charge is -2.19. The lowest BCUT2D eigenvalue weighted by Crippen LogP contribution is -2.34. The fraction of sp³-hybridized carbons (Fsp3) is 0.261. The zero-order chi connectivity index (χ0) is 22.7. The Balaban J connectivity index is 1.42. The summed E-state index contributed by atoms with van der Waals surface area (Å²) in [5.41, 5.74) is 2.25. The summed E-state index contributed by atoms with van der Waals surface area (Å²) in [5.74, 6) is -1.62. The predicted octanol–water partition coefficient (Wildman–Crippen LogP) is 4.54. The van der Waals surface area contributed by atoms with Crippen LogP contribution in [0.25, 0.3) is 10.9 Å². The van der Waals surface area contributed by atoms with E-state index < -0.39 is 17.7 Å². The van der Waals surface area contributed by atoms with Crippen LogP contribution in [-0.2, 0) is 11.2 Å². The number of hydrogen-bond acceptors (Lipinski definition) is 3. The lowest BCUT2D eigenvalue weighted by atomic mass is 10.1. The predicted molar refractivity (Wildman–Crippen MR) is 116 cm³/mol. The van der Waals surface area contributed by atoms with Gasteiger partial charge in [0.2, 0.25) is 5.91 Å². The molecule has 3 N–H and O–H groups in total. The maximum Gasteiger partial charge on any atom is 0.323 e. The summed E-state index contributed by atoms with van der Waals surface area (Å²) in [4.78, 5) is 29.5. The number of amides is 3. The van der Waals surface area contributed by atoms with Gasteiger partial charge in [-0.25, -0.2) is 13.6 Å². The molecule has 1 saturated heterocycles. The van der Waals surface area contributed by atoms with Crippen molar-refractivity contribution in [2.75, 3.05) is 17.2 Å². The fourth-order valence-corrected chi connectivity index (χ4v) is 3.97. The first-order valence-electron chi connectivity index (χ1n) is 10.3. The Labute approximate surface area is 183 Å².